The molecule has 0 aromatic heterocycles. The van der Waals surface area contributed by atoms with E-state index >= 15 is 0 Å². The van der Waals surface area contributed by atoms with Crippen LogP contribution in [0.1, 0.15) is 29.6 Å². The van der Waals surface area contributed by atoms with Crippen LogP contribution >= 0.6 is 22.6 Å². The number of nitrogens with one attached hydrogen (secondary N) is 1. The number of benzene rings is 1. The van der Waals surface area contributed by atoms with Gasteiger partial charge < -0.3 is 10.1 Å². The van der Waals surface area contributed by atoms with E-state index < -0.39 is 0 Å². The fraction of sp³-hybridized carbons (Fsp3) is 0.462. The average Bonchev–Trinajstić information content (AvgIpc) is 2.77. The largest absolute Gasteiger partial charge is 0.379 e. The van der Waals surface area contributed by atoms with Gasteiger partial charge in [0.1, 0.15) is 0 Å². The molecule has 2 rings (SSSR count). The van der Waals surface area contributed by atoms with E-state index in [2.05, 4.69) is 27.9 Å². The Morgan fingerprint density at radius 2 is 2.06 bits per heavy atom. The number of amides is 1. The zero-order valence-electron chi connectivity index (χ0n) is 9.78. The zero-order valence-corrected chi connectivity index (χ0v) is 11.9. The summed E-state index contributed by atoms with van der Waals surface area (Å²) in [6.07, 6.45) is 3.33. The van der Waals surface area contributed by atoms with E-state index in [1.165, 1.54) is 0 Å². The number of rotatable bonds is 3. The maximum atomic E-state index is 12.0. The Morgan fingerprint density at radius 1 is 1.35 bits per heavy atom. The highest BCUT2D eigenvalue weighted by Gasteiger charge is 2.28. The number of hydrogen-bond donors (Lipinski definition) is 1. The summed E-state index contributed by atoms with van der Waals surface area (Å²) in [5, 5.41) is 3.05. The molecule has 1 N–H and O–H groups in total. The Hall–Kier alpha value is -0.620. The molecule has 1 saturated carbocycles. The van der Waals surface area contributed by atoms with Crippen molar-refractivity contribution in [2.24, 2.45) is 0 Å². The summed E-state index contributed by atoms with van der Waals surface area (Å²) < 4.78 is 6.50. The lowest BCUT2D eigenvalue weighted by atomic mass is 10.1. The minimum absolute atomic E-state index is 0.00431. The van der Waals surface area contributed by atoms with Crippen LogP contribution in [0, 0.1) is 3.57 Å². The number of carbonyl (C=O) groups is 1. The molecule has 0 radical (unpaired) electrons. The number of hydrogen-bond acceptors (Lipinski definition) is 2. The zero-order chi connectivity index (χ0) is 12.3. The summed E-state index contributed by atoms with van der Waals surface area (Å²) in [6.45, 7) is 0. The highest BCUT2D eigenvalue weighted by molar-refractivity contribution is 14.1. The van der Waals surface area contributed by atoms with Gasteiger partial charge in [-0.05, 0) is 66.1 Å². The fourth-order valence-electron chi connectivity index (χ4n) is 2.23. The predicted octanol–water partition coefficient (Wildman–Crippen LogP) is 2.59. The van der Waals surface area contributed by atoms with E-state index in [0.717, 1.165) is 22.8 Å². The Bertz CT molecular complexity index is 391. The molecule has 17 heavy (non-hydrogen) atoms. The van der Waals surface area contributed by atoms with Gasteiger partial charge in [-0.1, -0.05) is 0 Å². The van der Waals surface area contributed by atoms with Gasteiger partial charge in [0.25, 0.3) is 5.91 Å². The molecular formula is C13H16INO2. The second-order valence-electron chi connectivity index (χ2n) is 4.29. The van der Waals surface area contributed by atoms with Crippen LogP contribution in [0.5, 0.6) is 0 Å². The third-order valence-corrected chi connectivity index (χ3v) is 3.90. The quantitative estimate of drug-likeness (QED) is 0.856. The van der Waals surface area contributed by atoms with Crippen LogP contribution in [-0.2, 0) is 4.74 Å². The molecule has 0 aliphatic heterocycles. The van der Waals surface area contributed by atoms with E-state index in [-0.39, 0.29) is 18.1 Å². The monoisotopic (exact) mass is 345 g/mol. The van der Waals surface area contributed by atoms with Gasteiger partial charge in [0.15, 0.2) is 0 Å². The molecule has 0 bridgehead atoms. The fourth-order valence-corrected chi connectivity index (χ4v) is 2.59. The molecule has 0 spiro atoms. The van der Waals surface area contributed by atoms with Crippen LogP contribution in [-0.4, -0.2) is 25.2 Å². The molecule has 0 heterocycles. The van der Waals surface area contributed by atoms with Gasteiger partial charge in [-0.3, -0.25) is 4.79 Å². The van der Waals surface area contributed by atoms with Crippen molar-refractivity contribution in [3.63, 3.8) is 0 Å². The lowest BCUT2D eigenvalue weighted by Crippen LogP contribution is -2.40. The van der Waals surface area contributed by atoms with Gasteiger partial charge in [-0.25, -0.2) is 0 Å². The van der Waals surface area contributed by atoms with Crippen molar-refractivity contribution in [1.29, 1.82) is 0 Å². The van der Waals surface area contributed by atoms with E-state index in [1.807, 2.05) is 24.3 Å². The number of carbonyl (C=O) groups excluding carboxylic acids is 1. The first-order chi connectivity index (χ1) is 8.20. The smallest absolute Gasteiger partial charge is 0.251 e. The Morgan fingerprint density at radius 3 is 2.71 bits per heavy atom. The minimum atomic E-state index is -0.00431. The highest BCUT2D eigenvalue weighted by Crippen LogP contribution is 2.21. The molecule has 1 fully saturated rings. The summed E-state index contributed by atoms with van der Waals surface area (Å²) in [4.78, 5) is 12.0. The molecular weight excluding hydrogens is 329 g/mol. The predicted molar refractivity (Wildman–Crippen MR) is 75.1 cm³/mol. The molecule has 92 valence electrons. The second-order valence-corrected chi connectivity index (χ2v) is 5.54. The first-order valence-corrected chi connectivity index (χ1v) is 6.88. The van der Waals surface area contributed by atoms with Gasteiger partial charge in [0.2, 0.25) is 0 Å². The van der Waals surface area contributed by atoms with Crippen molar-refractivity contribution in [2.45, 2.75) is 31.4 Å². The molecule has 1 aromatic rings. The van der Waals surface area contributed by atoms with Gasteiger partial charge in [0.05, 0.1) is 12.1 Å². The molecule has 0 saturated heterocycles. The molecule has 2 unspecified atom stereocenters. The third kappa shape index (κ3) is 3.19. The van der Waals surface area contributed by atoms with Crippen LogP contribution in [0.3, 0.4) is 0 Å². The number of methoxy groups -OCH3 is 1. The molecule has 1 aliphatic rings. The van der Waals surface area contributed by atoms with Crippen molar-refractivity contribution in [3.05, 3.63) is 33.4 Å². The van der Waals surface area contributed by atoms with Crippen LogP contribution in [0.2, 0.25) is 0 Å². The third-order valence-electron chi connectivity index (χ3n) is 3.18. The number of ether oxygens (including phenoxy) is 1. The molecule has 3 nitrogen and oxygen atoms in total. The Labute approximate surface area is 115 Å². The van der Waals surface area contributed by atoms with Crippen molar-refractivity contribution < 1.29 is 9.53 Å². The van der Waals surface area contributed by atoms with E-state index in [4.69, 9.17) is 4.74 Å². The summed E-state index contributed by atoms with van der Waals surface area (Å²) in [5.41, 5.74) is 0.715. The maximum absolute atomic E-state index is 12.0. The van der Waals surface area contributed by atoms with Crippen molar-refractivity contribution >= 4 is 28.5 Å². The first kappa shape index (κ1) is 12.8. The van der Waals surface area contributed by atoms with Crippen molar-refractivity contribution in [2.75, 3.05) is 7.11 Å². The van der Waals surface area contributed by atoms with Crippen LogP contribution in [0.25, 0.3) is 0 Å². The van der Waals surface area contributed by atoms with E-state index in [1.54, 1.807) is 7.11 Å². The van der Waals surface area contributed by atoms with Gasteiger partial charge in [-0.15, -0.1) is 0 Å². The van der Waals surface area contributed by atoms with Crippen molar-refractivity contribution in [1.82, 2.24) is 5.32 Å². The summed E-state index contributed by atoms with van der Waals surface area (Å²) in [6, 6.07) is 7.75. The van der Waals surface area contributed by atoms with Crippen LogP contribution < -0.4 is 5.32 Å². The van der Waals surface area contributed by atoms with E-state index in [0.29, 0.717) is 5.56 Å². The molecule has 2 atom stereocenters. The average molecular weight is 345 g/mol. The normalized spacial score (nSPS) is 23.6. The summed E-state index contributed by atoms with van der Waals surface area (Å²) >= 11 is 2.23. The van der Waals surface area contributed by atoms with E-state index in [9.17, 15) is 4.79 Å². The lowest BCUT2D eigenvalue weighted by molar-refractivity contribution is 0.0722. The first-order valence-electron chi connectivity index (χ1n) is 5.80. The number of halogens is 1. The SMILES string of the molecule is COC1CCCC1NC(=O)c1ccc(I)cc1. The van der Waals surface area contributed by atoms with Gasteiger partial charge in [-0.2, -0.15) is 0 Å². The Kier molecular flexibility index (Phi) is 4.39. The van der Waals surface area contributed by atoms with Crippen molar-refractivity contribution in [3.8, 4) is 0 Å². The molecule has 1 aliphatic carbocycles. The van der Waals surface area contributed by atoms with Gasteiger partial charge in [0, 0.05) is 16.2 Å². The summed E-state index contributed by atoms with van der Waals surface area (Å²) in [5.74, 6) is -0.00431. The molecule has 4 heteroatoms. The second kappa shape index (κ2) is 5.82. The molecule has 1 aromatic carbocycles. The standard InChI is InChI=1S/C13H16INO2/c1-17-12-4-2-3-11(12)15-13(16)9-5-7-10(14)8-6-9/h5-8,11-12H,2-4H2,1H3,(H,15,16). The van der Waals surface area contributed by atoms with Crippen LogP contribution in [0.4, 0.5) is 0 Å². The maximum Gasteiger partial charge on any atom is 0.251 e. The van der Waals surface area contributed by atoms with Gasteiger partial charge >= 0.3 is 0 Å². The lowest BCUT2D eigenvalue weighted by Gasteiger charge is -2.19. The molecule has 1 amide bonds. The Balaban J connectivity index is 1.99. The minimum Gasteiger partial charge on any atom is -0.379 e. The topological polar surface area (TPSA) is 38.3 Å². The van der Waals surface area contributed by atoms with Crippen LogP contribution in [0.15, 0.2) is 24.3 Å². The highest BCUT2D eigenvalue weighted by atomic mass is 127. The summed E-state index contributed by atoms with van der Waals surface area (Å²) in [7, 11) is 1.71.